The molecule has 0 heterocycles. The van der Waals surface area contributed by atoms with Crippen molar-refractivity contribution in [2.75, 3.05) is 6.61 Å². The second-order valence-corrected chi connectivity index (χ2v) is 3.64. The molecule has 0 fully saturated rings. The van der Waals surface area contributed by atoms with Gasteiger partial charge in [-0.1, -0.05) is 39.0 Å². The van der Waals surface area contributed by atoms with Crippen LogP contribution in [0.3, 0.4) is 0 Å². The Kier molecular flexibility index (Phi) is 9.70. The number of esters is 1. The van der Waals surface area contributed by atoms with Crippen molar-refractivity contribution >= 4 is 11.9 Å². The van der Waals surface area contributed by atoms with Gasteiger partial charge in [0.2, 0.25) is 0 Å². The zero-order valence-electron chi connectivity index (χ0n) is 9.74. The molecule has 0 saturated carbocycles. The molecule has 0 aromatic carbocycles. The first-order valence-electron chi connectivity index (χ1n) is 5.70. The first-order valence-corrected chi connectivity index (χ1v) is 5.70. The van der Waals surface area contributed by atoms with Gasteiger partial charge in [-0.3, -0.25) is 9.68 Å². The fourth-order valence-electron chi connectivity index (χ4n) is 1.29. The zero-order chi connectivity index (χ0) is 12.2. The van der Waals surface area contributed by atoms with Gasteiger partial charge < -0.3 is 4.74 Å². The molecule has 0 aromatic rings. The summed E-state index contributed by atoms with van der Waals surface area (Å²) in [6.07, 6.45) is 6.83. The van der Waals surface area contributed by atoms with Gasteiger partial charge in [0.15, 0.2) is 6.61 Å². The molecule has 0 saturated heterocycles. The van der Waals surface area contributed by atoms with Crippen LogP contribution in [0, 0.1) is 0 Å². The molecule has 0 aromatic heterocycles. The summed E-state index contributed by atoms with van der Waals surface area (Å²) in [5.41, 5.74) is 0. The van der Waals surface area contributed by atoms with Crippen LogP contribution in [0.1, 0.15) is 51.9 Å². The lowest BCUT2D eigenvalue weighted by Gasteiger charge is -2.02. The van der Waals surface area contributed by atoms with Gasteiger partial charge in [0.25, 0.3) is 0 Å². The van der Waals surface area contributed by atoms with Crippen molar-refractivity contribution in [1.29, 1.82) is 0 Å². The van der Waals surface area contributed by atoms with Crippen LogP contribution in [0.25, 0.3) is 0 Å². The highest BCUT2D eigenvalue weighted by molar-refractivity contribution is 5.75. The molecule has 0 amide bonds. The van der Waals surface area contributed by atoms with Crippen molar-refractivity contribution in [1.82, 2.24) is 0 Å². The lowest BCUT2D eigenvalue weighted by Crippen LogP contribution is -2.14. The van der Waals surface area contributed by atoms with Crippen LogP contribution in [-0.4, -0.2) is 23.8 Å². The van der Waals surface area contributed by atoms with Crippen LogP contribution in [0.2, 0.25) is 0 Å². The van der Waals surface area contributed by atoms with Crippen molar-refractivity contribution in [2.24, 2.45) is 0 Å². The highest BCUT2D eigenvalue weighted by Crippen LogP contribution is 2.07. The molecule has 0 spiro atoms. The van der Waals surface area contributed by atoms with Crippen LogP contribution in [0.15, 0.2) is 0 Å². The molecule has 5 heteroatoms. The molecular weight excluding hydrogens is 212 g/mol. The Morgan fingerprint density at radius 2 is 1.62 bits per heavy atom. The third kappa shape index (κ3) is 9.45. The largest absolute Gasteiger partial charge is 0.454 e. The maximum atomic E-state index is 11.0. The lowest BCUT2D eigenvalue weighted by molar-refractivity contribution is -0.238. The number of carbonyl (C=O) groups excluding carboxylic acids is 2. The van der Waals surface area contributed by atoms with Crippen molar-refractivity contribution in [3.8, 4) is 0 Å². The van der Waals surface area contributed by atoms with Gasteiger partial charge >= 0.3 is 11.9 Å². The second-order valence-electron chi connectivity index (χ2n) is 3.64. The molecule has 0 rings (SSSR count). The minimum absolute atomic E-state index is 0.310. The first-order chi connectivity index (χ1) is 7.70. The van der Waals surface area contributed by atoms with Gasteiger partial charge in [-0.15, -0.1) is 0 Å². The van der Waals surface area contributed by atoms with Gasteiger partial charge in [-0.2, -0.15) is 5.26 Å². The standard InChI is InChI=1S/C11H20O5/c1-2-3-4-5-6-7-8-10(12)15-9-11(13)16-14/h14H,2-9H2,1H3. The normalized spacial score (nSPS) is 9.88. The molecule has 0 aliphatic carbocycles. The van der Waals surface area contributed by atoms with Crippen molar-refractivity contribution in [2.45, 2.75) is 51.9 Å². The fraction of sp³-hybridized carbons (Fsp3) is 0.818. The molecule has 5 nitrogen and oxygen atoms in total. The average Bonchev–Trinajstić information content (AvgIpc) is 2.30. The topological polar surface area (TPSA) is 72.8 Å². The van der Waals surface area contributed by atoms with E-state index in [0.717, 1.165) is 19.3 Å². The third-order valence-corrected chi connectivity index (χ3v) is 2.19. The summed E-state index contributed by atoms with van der Waals surface area (Å²) in [6.45, 7) is 1.63. The summed E-state index contributed by atoms with van der Waals surface area (Å²) in [5.74, 6) is -1.39. The average molecular weight is 232 g/mol. The van der Waals surface area contributed by atoms with E-state index in [1.54, 1.807) is 0 Å². The van der Waals surface area contributed by atoms with Gasteiger partial charge in [0.05, 0.1) is 0 Å². The van der Waals surface area contributed by atoms with Gasteiger partial charge in [0, 0.05) is 6.42 Å². The molecule has 0 radical (unpaired) electrons. The first kappa shape index (κ1) is 14.9. The number of hydrogen-bond donors (Lipinski definition) is 1. The molecule has 0 bridgehead atoms. The Labute approximate surface area is 95.7 Å². The Bertz CT molecular complexity index is 203. The molecule has 0 aliphatic heterocycles. The molecule has 94 valence electrons. The van der Waals surface area contributed by atoms with Gasteiger partial charge in [-0.05, 0) is 6.42 Å². The van der Waals surface area contributed by atoms with E-state index >= 15 is 0 Å². The zero-order valence-corrected chi connectivity index (χ0v) is 9.74. The molecule has 0 atom stereocenters. The number of carbonyl (C=O) groups is 2. The lowest BCUT2D eigenvalue weighted by atomic mass is 10.1. The molecule has 1 N–H and O–H groups in total. The van der Waals surface area contributed by atoms with Crippen LogP contribution < -0.4 is 0 Å². The van der Waals surface area contributed by atoms with E-state index < -0.39 is 18.5 Å². The smallest absolute Gasteiger partial charge is 0.379 e. The third-order valence-electron chi connectivity index (χ3n) is 2.19. The van der Waals surface area contributed by atoms with Crippen LogP contribution in [-0.2, 0) is 19.2 Å². The monoisotopic (exact) mass is 232 g/mol. The van der Waals surface area contributed by atoms with E-state index in [1.807, 2.05) is 0 Å². The van der Waals surface area contributed by atoms with Crippen molar-refractivity contribution < 1.29 is 24.5 Å². The summed E-state index contributed by atoms with van der Waals surface area (Å²) in [6, 6.07) is 0. The van der Waals surface area contributed by atoms with E-state index in [2.05, 4.69) is 16.5 Å². The van der Waals surface area contributed by atoms with E-state index in [9.17, 15) is 9.59 Å². The Hall–Kier alpha value is -1.10. The van der Waals surface area contributed by atoms with E-state index in [-0.39, 0.29) is 0 Å². The SMILES string of the molecule is CCCCCCCCC(=O)OCC(=O)OO. The van der Waals surface area contributed by atoms with E-state index in [0.29, 0.717) is 6.42 Å². The number of hydrogen-bond acceptors (Lipinski definition) is 5. The van der Waals surface area contributed by atoms with Crippen LogP contribution >= 0.6 is 0 Å². The van der Waals surface area contributed by atoms with E-state index in [4.69, 9.17) is 5.26 Å². The van der Waals surface area contributed by atoms with Crippen LogP contribution in [0.4, 0.5) is 0 Å². The summed E-state index contributed by atoms with van der Waals surface area (Å²) in [4.78, 5) is 24.8. The predicted molar refractivity (Wildman–Crippen MR) is 57.7 cm³/mol. The van der Waals surface area contributed by atoms with Gasteiger partial charge in [0.1, 0.15) is 0 Å². The Morgan fingerprint density at radius 3 is 2.25 bits per heavy atom. The molecule has 0 aliphatic rings. The van der Waals surface area contributed by atoms with E-state index in [1.165, 1.54) is 19.3 Å². The molecule has 0 unspecified atom stereocenters. The fourth-order valence-corrected chi connectivity index (χ4v) is 1.29. The quantitative estimate of drug-likeness (QED) is 0.286. The maximum absolute atomic E-state index is 11.0. The Balaban J connectivity index is 3.27. The predicted octanol–water partition coefficient (Wildman–Crippen LogP) is 2.30. The summed E-state index contributed by atoms with van der Waals surface area (Å²) in [5, 5.41) is 7.90. The summed E-state index contributed by atoms with van der Waals surface area (Å²) >= 11 is 0. The minimum Gasteiger partial charge on any atom is -0.454 e. The summed E-state index contributed by atoms with van der Waals surface area (Å²) < 4.78 is 4.55. The summed E-state index contributed by atoms with van der Waals surface area (Å²) in [7, 11) is 0. The number of ether oxygens (including phenoxy) is 1. The number of unbranched alkanes of at least 4 members (excludes halogenated alkanes) is 5. The van der Waals surface area contributed by atoms with Crippen LogP contribution in [0.5, 0.6) is 0 Å². The minimum atomic E-state index is -0.962. The van der Waals surface area contributed by atoms with Crippen molar-refractivity contribution in [3.63, 3.8) is 0 Å². The molecule has 16 heavy (non-hydrogen) atoms. The highest BCUT2D eigenvalue weighted by Gasteiger charge is 2.07. The van der Waals surface area contributed by atoms with Crippen molar-refractivity contribution in [3.05, 3.63) is 0 Å². The Morgan fingerprint density at radius 1 is 1.00 bits per heavy atom. The maximum Gasteiger partial charge on any atom is 0.379 e. The highest BCUT2D eigenvalue weighted by atomic mass is 17.1. The second kappa shape index (κ2) is 10.4. The molecular formula is C11H20O5. The van der Waals surface area contributed by atoms with Gasteiger partial charge in [-0.25, -0.2) is 4.79 Å². The number of rotatable bonds is 9.